The van der Waals surface area contributed by atoms with Crippen molar-refractivity contribution in [1.82, 2.24) is 9.78 Å². The molecule has 0 radical (unpaired) electrons. The summed E-state index contributed by atoms with van der Waals surface area (Å²) in [6, 6.07) is 39.4. The molecule has 5 aromatic carbocycles. The molecule has 1 aromatic heterocycles. The van der Waals surface area contributed by atoms with Crippen molar-refractivity contribution in [3.63, 3.8) is 0 Å². The lowest BCUT2D eigenvalue weighted by Gasteiger charge is -2.37. The Bertz CT molecular complexity index is 1600. The predicted octanol–water partition coefficient (Wildman–Crippen LogP) is 7.40. The van der Waals surface area contributed by atoms with Crippen molar-refractivity contribution in [3.8, 4) is 11.3 Å². The third kappa shape index (κ3) is 3.59. The summed E-state index contributed by atoms with van der Waals surface area (Å²) in [6.07, 6.45) is 0. The van der Waals surface area contributed by atoms with Gasteiger partial charge < -0.3 is 5.73 Å². The van der Waals surface area contributed by atoms with Gasteiger partial charge in [-0.25, -0.2) is 13.5 Å². The first-order chi connectivity index (χ1) is 18.1. The molecule has 0 aliphatic rings. The lowest BCUT2D eigenvalue weighted by molar-refractivity contribution is 0.477. The zero-order chi connectivity index (χ0) is 25.4. The van der Waals surface area contributed by atoms with Gasteiger partial charge in [-0.15, -0.1) is 0 Å². The Kier molecular flexibility index (Phi) is 5.53. The van der Waals surface area contributed by atoms with Crippen LogP contribution in [0.3, 0.4) is 0 Å². The van der Waals surface area contributed by atoms with Gasteiger partial charge in [0.2, 0.25) is 0 Å². The van der Waals surface area contributed by atoms with E-state index in [1.807, 2.05) is 95.7 Å². The number of aromatic nitrogens is 2. The number of hydrogen-bond acceptors (Lipinski definition) is 2. The number of rotatable bonds is 5. The molecule has 0 atom stereocenters. The smallest absolute Gasteiger partial charge is 0.157 e. The number of halogens is 2. The molecule has 0 unspecified atom stereocenters. The number of nitrogens with two attached hydrogens (primary N) is 1. The highest BCUT2D eigenvalue weighted by molar-refractivity contribution is 5.96. The molecule has 2 N–H and O–H groups in total. The van der Waals surface area contributed by atoms with Gasteiger partial charge in [-0.3, -0.25) is 0 Å². The molecular formula is C32H23F2N3. The summed E-state index contributed by atoms with van der Waals surface area (Å²) in [5.74, 6) is -1.00. The minimum Gasteiger partial charge on any atom is -0.396 e. The van der Waals surface area contributed by atoms with Crippen molar-refractivity contribution in [3.05, 3.63) is 156 Å². The summed E-state index contributed by atoms with van der Waals surface area (Å²) < 4.78 is 31.9. The van der Waals surface area contributed by atoms with E-state index in [2.05, 4.69) is 0 Å². The summed E-state index contributed by atoms with van der Waals surface area (Å²) in [5.41, 5.74) is 9.25. The zero-order valence-electron chi connectivity index (χ0n) is 19.9. The highest BCUT2D eigenvalue weighted by Crippen LogP contribution is 2.44. The Morgan fingerprint density at radius 2 is 1.16 bits per heavy atom. The number of nitrogens with zero attached hydrogens (tertiary/aromatic N) is 2. The minimum atomic E-state index is -0.962. The second kappa shape index (κ2) is 9.03. The van der Waals surface area contributed by atoms with Gasteiger partial charge in [0, 0.05) is 5.56 Å². The van der Waals surface area contributed by atoms with Crippen LogP contribution in [0.5, 0.6) is 0 Å². The molecule has 37 heavy (non-hydrogen) atoms. The summed E-state index contributed by atoms with van der Waals surface area (Å²) in [6.45, 7) is 0. The second-order valence-corrected chi connectivity index (χ2v) is 8.94. The molecule has 0 fully saturated rings. The molecule has 5 heteroatoms. The molecule has 0 saturated carbocycles. The molecule has 0 amide bonds. The fourth-order valence-electron chi connectivity index (χ4n) is 5.19. The highest BCUT2D eigenvalue weighted by atomic mass is 19.1. The van der Waals surface area contributed by atoms with Gasteiger partial charge in [0.25, 0.3) is 0 Å². The van der Waals surface area contributed by atoms with E-state index in [1.54, 1.807) is 24.3 Å². The standard InChI is InChI=1S/C32H23F2N3/c33-26-18-10-11-22(21-26)31-29-28(20-19-27(35)30(29)34)37(36-31)32(23-12-4-1-5-13-23,24-14-6-2-7-15-24)25-16-8-3-9-17-25/h1-21H,35H2. The average molecular weight is 488 g/mol. The monoisotopic (exact) mass is 487 g/mol. The lowest BCUT2D eigenvalue weighted by atomic mass is 9.77. The van der Waals surface area contributed by atoms with E-state index in [9.17, 15) is 4.39 Å². The van der Waals surface area contributed by atoms with Crippen LogP contribution in [0.25, 0.3) is 22.2 Å². The van der Waals surface area contributed by atoms with E-state index >= 15 is 4.39 Å². The maximum Gasteiger partial charge on any atom is 0.157 e. The van der Waals surface area contributed by atoms with Crippen LogP contribution in [0, 0.1) is 11.6 Å². The van der Waals surface area contributed by atoms with Crippen LogP contribution in [0.1, 0.15) is 16.7 Å². The fraction of sp³-hybridized carbons (Fsp3) is 0.0312. The first-order valence-corrected chi connectivity index (χ1v) is 12.0. The fourth-order valence-corrected chi connectivity index (χ4v) is 5.19. The van der Waals surface area contributed by atoms with Crippen LogP contribution in [0.2, 0.25) is 0 Å². The van der Waals surface area contributed by atoms with Gasteiger partial charge in [-0.1, -0.05) is 103 Å². The number of benzene rings is 5. The third-order valence-electron chi connectivity index (χ3n) is 6.81. The van der Waals surface area contributed by atoms with E-state index in [0.717, 1.165) is 16.7 Å². The van der Waals surface area contributed by atoms with Crippen molar-refractivity contribution in [1.29, 1.82) is 0 Å². The van der Waals surface area contributed by atoms with E-state index in [-0.39, 0.29) is 11.1 Å². The first-order valence-electron chi connectivity index (χ1n) is 12.0. The molecule has 0 bridgehead atoms. The van der Waals surface area contributed by atoms with Crippen LogP contribution in [-0.2, 0) is 5.54 Å². The Morgan fingerprint density at radius 3 is 1.68 bits per heavy atom. The Hall–Kier alpha value is -4.77. The van der Waals surface area contributed by atoms with Crippen LogP contribution in [0.15, 0.2) is 127 Å². The molecule has 1 heterocycles. The van der Waals surface area contributed by atoms with Gasteiger partial charge in [0.05, 0.1) is 16.6 Å². The van der Waals surface area contributed by atoms with Crippen LogP contribution in [-0.4, -0.2) is 9.78 Å². The van der Waals surface area contributed by atoms with E-state index in [0.29, 0.717) is 16.8 Å². The number of hydrogen-bond donors (Lipinski definition) is 1. The van der Waals surface area contributed by atoms with Crippen LogP contribution in [0.4, 0.5) is 14.5 Å². The molecule has 0 aliphatic heterocycles. The van der Waals surface area contributed by atoms with Gasteiger partial charge in [0.1, 0.15) is 17.1 Å². The van der Waals surface area contributed by atoms with Crippen molar-refractivity contribution in [2.24, 2.45) is 0 Å². The molecular weight excluding hydrogens is 464 g/mol. The van der Waals surface area contributed by atoms with Gasteiger partial charge >= 0.3 is 0 Å². The van der Waals surface area contributed by atoms with Crippen LogP contribution < -0.4 is 5.73 Å². The molecule has 6 rings (SSSR count). The number of nitrogen functional groups attached to an aromatic ring is 1. The SMILES string of the molecule is Nc1ccc2c(c(-c3cccc(F)c3)nn2C(c2ccccc2)(c2ccccc2)c2ccccc2)c1F. The normalized spacial score (nSPS) is 11.6. The zero-order valence-corrected chi connectivity index (χ0v) is 19.9. The topological polar surface area (TPSA) is 43.8 Å². The first kappa shape index (κ1) is 22.7. The molecule has 3 nitrogen and oxygen atoms in total. The Labute approximate surface area is 213 Å². The predicted molar refractivity (Wildman–Crippen MR) is 144 cm³/mol. The molecule has 180 valence electrons. The summed E-state index contributed by atoms with van der Waals surface area (Å²) in [5, 5.41) is 5.31. The Balaban J connectivity index is 1.82. The number of anilines is 1. The van der Waals surface area contributed by atoms with Gasteiger partial charge in [0.15, 0.2) is 5.82 Å². The van der Waals surface area contributed by atoms with Crippen molar-refractivity contribution >= 4 is 16.6 Å². The van der Waals surface area contributed by atoms with Gasteiger partial charge in [-0.05, 0) is 41.0 Å². The molecule has 6 aromatic rings. The third-order valence-corrected chi connectivity index (χ3v) is 6.81. The van der Waals surface area contributed by atoms with Crippen LogP contribution >= 0.6 is 0 Å². The van der Waals surface area contributed by atoms with Gasteiger partial charge in [-0.2, -0.15) is 5.10 Å². The van der Waals surface area contributed by atoms with Crippen molar-refractivity contribution < 1.29 is 8.78 Å². The molecule has 0 aliphatic carbocycles. The highest BCUT2D eigenvalue weighted by Gasteiger charge is 2.41. The van der Waals surface area contributed by atoms with Crippen molar-refractivity contribution in [2.75, 3.05) is 5.73 Å². The van der Waals surface area contributed by atoms with E-state index in [4.69, 9.17) is 10.8 Å². The summed E-state index contributed by atoms with van der Waals surface area (Å²) >= 11 is 0. The largest absolute Gasteiger partial charge is 0.396 e. The lowest BCUT2D eigenvalue weighted by Crippen LogP contribution is -2.38. The summed E-state index contributed by atoms with van der Waals surface area (Å²) in [4.78, 5) is 0. The average Bonchev–Trinajstić information content (AvgIpc) is 3.34. The summed E-state index contributed by atoms with van der Waals surface area (Å²) in [7, 11) is 0. The molecule has 0 saturated heterocycles. The maximum absolute atomic E-state index is 15.8. The van der Waals surface area contributed by atoms with E-state index < -0.39 is 17.2 Å². The quantitative estimate of drug-likeness (QED) is 0.203. The van der Waals surface area contributed by atoms with Crippen molar-refractivity contribution in [2.45, 2.75) is 5.54 Å². The minimum absolute atomic E-state index is 0.00874. The Morgan fingerprint density at radius 1 is 0.622 bits per heavy atom. The second-order valence-electron chi connectivity index (χ2n) is 8.94. The maximum atomic E-state index is 15.8. The number of fused-ring (bicyclic) bond motifs is 1. The van der Waals surface area contributed by atoms with E-state index in [1.165, 1.54) is 12.1 Å². The molecule has 0 spiro atoms.